The molecule has 3 aromatic carbocycles. The minimum absolute atomic E-state index is 0.220. The van der Waals surface area contributed by atoms with Crippen molar-refractivity contribution >= 4 is 23.3 Å². The van der Waals surface area contributed by atoms with Crippen molar-refractivity contribution in [3.05, 3.63) is 105 Å². The highest BCUT2D eigenvalue weighted by Crippen LogP contribution is 2.25. The van der Waals surface area contributed by atoms with Crippen molar-refractivity contribution in [2.45, 2.75) is 20.0 Å². The first-order valence-electron chi connectivity index (χ1n) is 9.23. The van der Waals surface area contributed by atoms with Gasteiger partial charge in [-0.25, -0.2) is 4.79 Å². The van der Waals surface area contributed by atoms with Crippen LogP contribution < -0.4 is 5.32 Å². The Hall–Kier alpha value is -4.00. The van der Waals surface area contributed by atoms with Crippen molar-refractivity contribution < 1.29 is 19.2 Å². The maximum atomic E-state index is 13.0. The summed E-state index contributed by atoms with van der Waals surface area (Å²) in [6.45, 7) is 3.82. The Balaban J connectivity index is 1.91. The third-order valence-electron chi connectivity index (χ3n) is 4.38. The molecular weight excluding hydrogens is 384 g/mol. The van der Waals surface area contributed by atoms with Gasteiger partial charge in [0.15, 0.2) is 0 Å². The molecule has 0 spiro atoms. The van der Waals surface area contributed by atoms with Crippen LogP contribution in [-0.2, 0) is 9.53 Å². The molecule has 1 unspecified atom stereocenters. The Morgan fingerprint density at radius 2 is 1.53 bits per heavy atom. The second-order valence-electron chi connectivity index (χ2n) is 6.84. The number of aryl methyl sites for hydroxylation is 2. The van der Waals surface area contributed by atoms with E-state index < -0.39 is 22.9 Å². The van der Waals surface area contributed by atoms with Crippen LogP contribution in [0.4, 0.5) is 11.4 Å². The minimum Gasteiger partial charge on any atom is -0.443 e. The lowest BCUT2D eigenvalue weighted by Gasteiger charge is -2.18. The SMILES string of the molecule is Cc1cc(C)cc(NC(=O)C(OC(=O)c2ccccc2[N+](=O)[O-])c2ccccc2)c1. The number of hydrogen-bond acceptors (Lipinski definition) is 5. The average molecular weight is 404 g/mol. The van der Waals surface area contributed by atoms with E-state index >= 15 is 0 Å². The van der Waals surface area contributed by atoms with Crippen molar-refractivity contribution in [2.75, 3.05) is 5.32 Å². The Morgan fingerprint density at radius 1 is 0.933 bits per heavy atom. The number of nitrogens with one attached hydrogen (secondary N) is 1. The molecule has 0 aliphatic heterocycles. The van der Waals surface area contributed by atoms with Gasteiger partial charge in [0.1, 0.15) is 5.56 Å². The first kappa shape index (κ1) is 20.7. The van der Waals surface area contributed by atoms with Crippen LogP contribution in [-0.4, -0.2) is 16.8 Å². The summed E-state index contributed by atoms with van der Waals surface area (Å²) in [6, 6.07) is 19.5. The standard InChI is InChI=1S/C23H20N2O5/c1-15-12-16(2)14-18(13-15)24-22(26)21(17-8-4-3-5-9-17)30-23(27)19-10-6-7-11-20(19)25(28)29/h3-14,21H,1-2H3,(H,24,26). The molecule has 0 fully saturated rings. The van der Waals surface area contributed by atoms with E-state index in [0.29, 0.717) is 11.3 Å². The van der Waals surface area contributed by atoms with Crippen LogP contribution in [0, 0.1) is 24.0 Å². The molecule has 1 atom stereocenters. The summed E-state index contributed by atoms with van der Waals surface area (Å²) in [6.07, 6.45) is -1.28. The quantitative estimate of drug-likeness (QED) is 0.363. The summed E-state index contributed by atoms with van der Waals surface area (Å²) in [7, 11) is 0. The number of carbonyl (C=O) groups excluding carboxylic acids is 2. The van der Waals surface area contributed by atoms with Gasteiger partial charge in [-0.05, 0) is 43.2 Å². The summed E-state index contributed by atoms with van der Waals surface area (Å²) in [4.78, 5) is 36.3. The lowest BCUT2D eigenvalue weighted by atomic mass is 10.1. The summed E-state index contributed by atoms with van der Waals surface area (Å²) in [5.41, 5.74) is 2.36. The molecular formula is C23H20N2O5. The average Bonchev–Trinajstić information content (AvgIpc) is 2.71. The summed E-state index contributed by atoms with van der Waals surface area (Å²) >= 11 is 0. The maximum absolute atomic E-state index is 13.0. The van der Waals surface area contributed by atoms with Crippen molar-refractivity contribution in [2.24, 2.45) is 0 Å². The Labute approximate surface area is 173 Å². The fourth-order valence-corrected chi connectivity index (χ4v) is 3.13. The first-order valence-corrected chi connectivity index (χ1v) is 9.23. The van der Waals surface area contributed by atoms with E-state index in [9.17, 15) is 19.7 Å². The second kappa shape index (κ2) is 9.00. The van der Waals surface area contributed by atoms with E-state index in [1.54, 1.807) is 42.5 Å². The Kier molecular flexibility index (Phi) is 6.22. The Bertz CT molecular complexity index is 1080. The number of hydrogen-bond donors (Lipinski definition) is 1. The number of amides is 1. The zero-order chi connectivity index (χ0) is 21.7. The number of nitrogens with zero attached hydrogens (tertiary/aromatic N) is 1. The summed E-state index contributed by atoms with van der Waals surface area (Å²) in [5.74, 6) is -1.51. The number of para-hydroxylation sites is 1. The maximum Gasteiger partial charge on any atom is 0.346 e. The molecule has 3 rings (SSSR count). The fraction of sp³-hybridized carbons (Fsp3) is 0.130. The monoisotopic (exact) mass is 404 g/mol. The molecule has 0 radical (unpaired) electrons. The van der Waals surface area contributed by atoms with Gasteiger partial charge in [0, 0.05) is 17.3 Å². The van der Waals surface area contributed by atoms with Gasteiger partial charge in [0.2, 0.25) is 6.10 Å². The van der Waals surface area contributed by atoms with E-state index in [4.69, 9.17) is 4.74 Å². The molecule has 1 amide bonds. The molecule has 152 valence electrons. The molecule has 0 aromatic heterocycles. The number of benzene rings is 3. The third-order valence-corrected chi connectivity index (χ3v) is 4.38. The first-order chi connectivity index (χ1) is 14.3. The van der Waals surface area contributed by atoms with E-state index in [-0.39, 0.29) is 11.3 Å². The van der Waals surface area contributed by atoms with Crippen molar-refractivity contribution in [3.8, 4) is 0 Å². The zero-order valence-electron chi connectivity index (χ0n) is 16.5. The van der Waals surface area contributed by atoms with Gasteiger partial charge in [-0.15, -0.1) is 0 Å². The van der Waals surface area contributed by atoms with Crippen LogP contribution in [0.3, 0.4) is 0 Å². The summed E-state index contributed by atoms with van der Waals surface area (Å²) in [5, 5.41) is 14.0. The molecule has 1 N–H and O–H groups in total. The van der Waals surface area contributed by atoms with Crippen molar-refractivity contribution in [3.63, 3.8) is 0 Å². The van der Waals surface area contributed by atoms with Gasteiger partial charge < -0.3 is 10.1 Å². The van der Waals surface area contributed by atoms with Crippen LogP contribution in [0.25, 0.3) is 0 Å². The highest BCUT2D eigenvalue weighted by molar-refractivity contribution is 5.99. The smallest absolute Gasteiger partial charge is 0.346 e. The minimum atomic E-state index is -1.28. The molecule has 0 aliphatic carbocycles. The number of anilines is 1. The van der Waals surface area contributed by atoms with Crippen LogP contribution in [0.2, 0.25) is 0 Å². The number of carbonyl (C=O) groups is 2. The molecule has 0 heterocycles. The number of nitro benzene ring substituents is 1. The number of nitro groups is 1. The molecule has 7 heteroatoms. The highest BCUT2D eigenvalue weighted by Gasteiger charge is 2.29. The van der Waals surface area contributed by atoms with E-state index in [1.165, 1.54) is 24.3 Å². The molecule has 0 saturated heterocycles. The van der Waals surface area contributed by atoms with Crippen LogP contribution in [0.5, 0.6) is 0 Å². The predicted molar refractivity (Wildman–Crippen MR) is 112 cm³/mol. The van der Waals surface area contributed by atoms with Gasteiger partial charge in [-0.1, -0.05) is 48.5 Å². The third kappa shape index (κ3) is 4.88. The zero-order valence-corrected chi connectivity index (χ0v) is 16.5. The van der Waals surface area contributed by atoms with Crippen molar-refractivity contribution in [1.29, 1.82) is 0 Å². The van der Waals surface area contributed by atoms with Gasteiger partial charge in [0.25, 0.3) is 11.6 Å². The van der Waals surface area contributed by atoms with Crippen molar-refractivity contribution in [1.82, 2.24) is 0 Å². The molecule has 30 heavy (non-hydrogen) atoms. The van der Waals surface area contributed by atoms with Crippen LogP contribution >= 0.6 is 0 Å². The van der Waals surface area contributed by atoms with Gasteiger partial charge in [-0.2, -0.15) is 0 Å². The molecule has 3 aromatic rings. The lowest BCUT2D eigenvalue weighted by Crippen LogP contribution is -2.26. The predicted octanol–water partition coefficient (Wildman–Crippen LogP) is 4.75. The number of ether oxygens (including phenoxy) is 1. The molecule has 0 aliphatic rings. The largest absolute Gasteiger partial charge is 0.443 e. The van der Waals surface area contributed by atoms with E-state index in [1.807, 2.05) is 19.9 Å². The van der Waals surface area contributed by atoms with Gasteiger partial charge in [-0.3, -0.25) is 14.9 Å². The normalized spacial score (nSPS) is 11.4. The van der Waals surface area contributed by atoms with Crippen LogP contribution in [0.1, 0.15) is 33.2 Å². The lowest BCUT2D eigenvalue weighted by molar-refractivity contribution is -0.385. The molecule has 0 bridgehead atoms. The molecule has 7 nitrogen and oxygen atoms in total. The summed E-state index contributed by atoms with van der Waals surface area (Å²) < 4.78 is 5.45. The van der Waals surface area contributed by atoms with E-state index in [0.717, 1.165) is 11.1 Å². The van der Waals surface area contributed by atoms with Gasteiger partial charge in [0.05, 0.1) is 4.92 Å². The fourth-order valence-electron chi connectivity index (χ4n) is 3.13. The van der Waals surface area contributed by atoms with Crippen LogP contribution in [0.15, 0.2) is 72.8 Å². The Morgan fingerprint density at radius 3 is 2.17 bits per heavy atom. The molecule has 0 saturated carbocycles. The number of esters is 1. The highest BCUT2D eigenvalue weighted by atomic mass is 16.6. The topological polar surface area (TPSA) is 98.5 Å². The van der Waals surface area contributed by atoms with Gasteiger partial charge >= 0.3 is 5.97 Å². The van der Waals surface area contributed by atoms with E-state index in [2.05, 4.69) is 5.32 Å². The number of rotatable bonds is 6. The second-order valence-corrected chi connectivity index (χ2v) is 6.84.